The maximum absolute atomic E-state index is 12.8. The molecule has 0 unspecified atom stereocenters. The van der Waals surface area contributed by atoms with Gasteiger partial charge in [0.15, 0.2) is 5.65 Å². The molecule has 4 aromatic rings. The summed E-state index contributed by atoms with van der Waals surface area (Å²) in [5.74, 6) is -0.137. The van der Waals surface area contributed by atoms with E-state index in [2.05, 4.69) is 15.4 Å². The Hall–Kier alpha value is -2.65. The summed E-state index contributed by atoms with van der Waals surface area (Å²) in [6.07, 6.45) is 2.35. The van der Waals surface area contributed by atoms with Gasteiger partial charge in [-0.3, -0.25) is 10.1 Å². The number of fused-ring (bicyclic) bond motifs is 1. The molecular formula is C20H13Cl3N4O3S. The third kappa shape index (κ3) is 4.99. The van der Waals surface area contributed by atoms with Gasteiger partial charge in [0.05, 0.1) is 22.3 Å². The highest BCUT2D eigenvalue weighted by atomic mass is 35.6. The first kappa shape index (κ1) is 21.6. The number of alkyl halides is 3. The van der Waals surface area contributed by atoms with Crippen molar-refractivity contribution in [2.45, 2.75) is 3.79 Å². The lowest BCUT2D eigenvalue weighted by Gasteiger charge is -2.12. The van der Waals surface area contributed by atoms with E-state index >= 15 is 0 Å². The summed E-state index contributed by atoms with van der Waals surface area (Å²) in [6.45, 7) is -0.386. The van der Waals surface area contributed by atoms with Gasteiger partial charge in [-0.2, -0.15) is 5.10 Å². The first-order chi connectivity index (χ1) is 14.8. The van der Waals surface area contributed by atoms with Crippen LogP contribution < -0.4 is 5.32 Å². The van der Waals surface area contributed by atoms with E-state index in [1.165, 1.54) is 17.5 Å². The summed E-state index contributed by atoms with van der Waals surface area (Å²) in [7, 11) is 0. The molecule has 0 bridgehead atoms. The molecule has 7 nitrogen and oxygen atoms in total. The van der Waals surface area contributed by atoms with Crippen LogP contribution in [0.2, 0.25) is 0 Å². The first-order valence-electron chi connectivity index (χ1n) is 8.84. The molecule has 0 saturated carbocycles. The van der Waals surface area contributed by atoms with Crippen molar-refractivity contribution in [1.29, 1.82) is 0 Å². The minimum Gasteiger partial charge on any atom is -0.445 e. The van der Waals surface area contributed by atoms with Gasteiger partial charge in [0.1, 0.15) is 6.61 Å². The van der Waals surface area contributed by atoms with Crippen LogP contribution in [0.25, 0.3) is 16.9 Å². The van der Waals surface area contributed by atoms with Gasteiger partial charge in [-0.05, 0) is 29.6 Å². The van der Waals surface area contributed by atoms with Gasteiger partial charge >= 0.3 is 6.09 Å². The zero-order chi connectivity index (χ0) is 22.0. The van der Waals surface area contributed by atoms with Crippen LogP contribution in [0.4, 0.5) is 10.5 Å². The SMILES string of the molecule is O=C(Nc1cccc(-c2ccnc3c(C(=O)c4cccs4)cnn23)c1)OCC(Cl)(Cl)Cl. The number of rotatable bonds is 5. The normalized spacial score (nSPS) is 11.5. The molecule has 4 rings (SSSR count). The molecule has 1 amide bonds. The first-order valence-corrected chi connectivity index (χ1v) is 10.8. The van der Waals surface area contributed by atoms with Crippen LogP contribution in [-0.4, -0.2) is 36.9 Å². The molecule has 0 aliphatic carbocycles. The number of hydrogen-bond acceptors (Lipinski definition) is 6. The number of carbonyl (C=O) groups excluding carboxylic acids is 2. The Kier molecular flexibility index (Phi) is 6.15. The predicted molar refractivity (Wildman–Crippen MR) is 121 cm³/mol. The topological polar surface area (TPSA) is 85.6 Å². The van der Waals surface area contributed by atoms with E-state index in [1.54, 1.807) is 41.0 Å². The van der Waals surface area contributed by atoms with Crippen molar-refractivity contribution in [2.24, 2.45) is 0 Å². The fourth-order valence-corrected chi connectivity index (χ4v) is 3.71. The maximum Gasteiger partial charge on any atom is 0.411 e. The minimum atomic E-state index is -1.69. The van der Waals surface area contributed by atoms with Crippen molar-refractivity contribution in [1.82, 2.24) is 14.6 Å². The number of anilines is 1. The highest BCUT2D eigenvalue weighted by Gasteiger charge is 2.22. The number of aromatic nitrogens is 3. The lowest BCUT2D eigenvalue weighted by molar-refractivity contribution is 0.104. The maximum atomic E-state index is 12.8. The third-order valence-corrected chi connectivity index (χ3v) is 5.36. The summed E-state index contributed by atoms with van der Waals surface area (Å²) in [5.41, 5.74) is 2.75. The molecule has 1 N–H and O–H groups in total. The Balaban J connectivity index is 1.62. The van der Waals surface area contributed by atoms with Gasteiger partial charge in [0.2, 0.25) is 9.58 Å². The van der Waals surface area contributed by atoms with Crippen LogP contribution >= 0.6 is 46.1 Å². The Labute approximate surface area is 195 Å². The second-order valence-electron chi connectivity index (χ2n) is 6.33. The number of hydrogen-bond donors (Lipinski definition) is 1. The Morgan fingerprint density at radius 3 is 2.74 bits per heavy atom. The summed E-state index contributed by atoms with van der Waals surface area (Å²) in [6, 6.07) is 12.4. The molecule has 0 aliphatic rings. The molecule has 0 fully saturated rings. The highest BCUT2D eigenvalue weighted by molar-refractivity contribution is 7.12. The van der Waals surface area contributed by atoms with E-state index in [0.29, 0.717) is 27.5 Å². The van der Waals surface area contributed by atoms with Crippen LogP contribution in [-0.2, 0) is 4.74 Å². The highest BCUT2D eigenvalue weighted by Crippen LogP contribution is 2.27. The lowest BCUT2D eigenvalue weighted by Crippen LogP contribution is -2.21. The van der Waals surface area contributed by atoms with Crippen LogP contribution in [0.5, 0.6) is 0 Å². The average Bonchev–Trinajstić information content (AvgIpc) is 3.41. The van der Waals surface area contributed by atoms with E-state index in [1.807, 2.05) is 17.5 Å². The second kappa shape index (κ2) is 8.84. The van der Waals surface area contributed by atoms with Gasteiger partial charge in [0, 0.05) is 17.4 Å². The smallest absolute Gasteiger partial charge is 0.411 e. The zero-order valence-electron chi connectivity index (χ0n) is 15.6. The van der Waals surface area contributed by atoms with Crippen LogP contribution in [0, 0.1) is 0 Å². The molecule has 0 spiro atoms. The van der Waals surface area contributed by atoms with Crippen molar-refractivity contribution >= 4 is 69.4 Å². The van der Waals surface area contributed by atoms with Crippen LogP contribution in [0.1, 0.15) is 15.2 Å². The number of nitrogens with zero attached hydrogens (tertiary/aromatic N) is 3. The monoisotopic (exact) mass is 494 g/mol. The van der Waals surface area contributed by atoms with Gasteiger partial charge in [0.25, 0.3) is 0 Å². The second-order valence-corrected chi connectivity index (χ2v) is 9.79. The van der Waals surface area contributed by atoms with E-state index in [-0.39, 0.29) is 12.4 Å². The number of halogens is 3. The van der Waals surface area contributed by atoms with Gasteiger partial charge in [-0.25, -0.2) is 14.3 Å². The summed E-state index contributed by atoms with van der Waals surface area (Å²) >= 11 is 18.1. The molecule has 3 heterocycles. The molecule has 0 radical (unpaired) electrons. The molecule has 11 heteroatoms. The quantitative estimate of drug-likeness (QED) is 0.287. The van der Waals surface area contributed by atoms with E-state index in [9.17, 15) is 9.59 Å². The Morgan fingerprint density at radius 1 is 1.16 bits per heavy atom. The largest absolute Gasteiger partial charge is 0.445 e. The number of ether oxygens (including phenoxy) is 1. The number of thiophene rings is 1. The minimum absolute atomic E-state index is 0.137. The molecule has 0 saturated heterocycles. The van der Waals surface area contributed by atoms with E-state index in [0.717, 1.165) is 5.56 Å². The summed E-state index contributed by atoms with van der Waals surface area (Å²) in [5, 5.41) is 8.78. The summed E-state index contributed by atoms with van der Waals surface area (Å²) < 4.78 is 4.77. The van der Waals surface area contributed by atoms with Crippen LogP contribution in [0.15, 0.2) is 60.2 Å². The molecule has 158 valence electrons. The van der Waals surface area contributed by atoms with Crippen molar-refractivity contribution in [3.05, 3.63) is 70.7 Å². The number of amides is 1. The van der Waals surface area contributed by atoms with Crippen molar-refractivity contribution in [3.8, 4) is 11.3 Å². The third-order valence-electron chi connectivity index (χ3n) is 4.16. The van der Waals surface area contributed by atoms with Crippen LogP contribution in [0.3, 0.4) is 0 Å². The van der Waals surface area contributed by atoms with Gasteiger partial charge in [-0.1, -0.05) is 53.0 Å². The standard InChI is InChI=1S/C20H13Cl3N4O3S/c21-20(22,23)11-30-19(29)26-13-4-1-3-12(9-13)15-6-7-24-18-14(10-25-27(15)18)17(28)16-5-2-8-31-16/h1-10H,11H2,(H,26,29). The van der Waals surface area contributed by atoms with Crippen molar-refractivity contribution in [3.63, 3.8) is 0 Å². The molecule has 31 heavy (non-hydrogen) atoms. The molecular weight excluding hydrogens is 483 g/mol. The fourth-order valence-electron chi connectivity index (χ4n) is 2.87. The number of nitrogens with one attached hydrogen (secondary N) is 1. The molecule has 0 aliphatic heterocycles. The molecule has 3 aromatic heterocycles. The van der Waals surface area contributed by atoms with Crippen molar-refractivity contribution < 1.29 is 14.3 Å². The average molecular weight is 496 g/mol. The lowest BCUT2D eigenvalue weighted by atomic mass is 10.1. The number of benzene rings is 1. The van der Waals surface area contributed by atoms with Gasteiger partial charge in [-0.15, -0.1) is 11.3 Å². The Morgan fingerprint density at radius 2 is 2.00 bits per heavy atom. The molecule has 0 atom stereocenters. The van der Waals surface area contributed by atoms with Crippen molar-refractivity contribution in [2.75, 3.05) is 11.9 Å². The predicted octanol–water partition coefficient (Wildman–Crippen LogP) is 5.61. The summed E-state index contributed by atoms with van der Waals surface area (Å²) in [4.78, 5) is 29.6. The number of carbonyl (C=O) groups is 2. The zero-order valence-corrected chi connectivity index (χ0v) is 18.7. The molecule has 1 aromatic carbocycles. The Bertz CT molecular complexity index is 1250. The van der Waals surface area contributed by atoms with E-state index < -0.39 is 9.89 Å². The van der Waals surface area contributed by atoms with Gasteiger partial charge < -0.3 is 4.74 Å². The fraction of sp³-hybridized carbons (Fsp3) is 0.100. The van der Waals surface area contributed by atoms with E-state index in [4.69, 9.17) is 39.5 Å². The number of ketones is 1.